The average Bonchev–Trinajstić information content (AvgIpc) is 2.81. The Balaban J connectivity index is 2.07. The molecular weight excluding hydrogens is 263 g/mol. The molecule has 5 heteroatoms. The van der Waals surface area contributed by atoms with Crippen LogP contribution in [0.15, 0.2) is 24.4 Å². The largest absolute Gasteiger partial charge is 0.302 e. The van der Waals surface area contributed by atoms with Gasteiger partial charge in [-0.05, 0) is 24.1 Å². The minimum atomic E-state index is -0.193. The topological polar surface area (TPSA) is 42.0 Å². The van der Waals surface area contributed by atoms with Crippen molar-refractivity contribution in [3.63, 3.8) is 0 Å². The lowest BCUT2D eigenvalue weighted by Gasteiger charge is -2.01. The van der Waals surface area contributed by atoms with Crippen LogP contribution in [0.5, 0.6) is 0 Å². The van der Waals surface area contributed by atoms with Crippen LogP contribution in [0.4, 0.5) is 9.52 Å². The summed E-state index contributed by atoms with van der Waals surface area (Å²) in [5, 5.41) is 3.30. The molecule has 0 fully saturated rings. The van der Waals surface area contributed by atoms with Gasteiger partial charge in [-0.2, -0.15) is 0 Å². The Kier molecular flexibility index (Phi) is 4.27. The van der Waals surface area contributed by atoms with E-state index >= 15 is 0 Å². The highest BCUT2D eigenvalue weighted by Gasteiger charge is 2.07. The molecule has 1 N–H and O–H groups in total. The highest BCUT2D eigenvalue weighted by atomic mass is 32.1. The summed E-state index contributed by atoms with van der Waals surface area (Å²) < 4.78 is 13.4. The van der Waals surface area contributed by atoms with Gasteiger partial charge in [-0.25, -0.2) is 9.37 Å². The number of benzene rings is 1. The Bertz CT molecular complexity index is 595. The summed E-state index contributed by atoms with van der Waals surface area (Å²) in [4.78, 5) is 16.4. The summed E-state index contributed by atoms with van der Waals surface area (Å²) in [6, 6.07) is 5.22. The van der Waals surface area contributed by atoms with E-state index < -0.39 is 0 Å². The number of hydrogen-bond acceptors (Lipinski definition) is 3. The van der Waals surface area contributed by atoms with Gasteiger partial charge in [-0.15, -0.1) is 11.3 Å². The number of hydrogen-bond donors (Lipinski definition) is 1. The summed E-state index contributed by atoms with van der Waals surface area (Å²) in [7, 11) is 0. The quantitative estimate of drug-likeness (QED) is 0.929. The molecule has 1 aromatic carbocycles. The van der Waals surface area contributed by atoms with Crippen LogP contribution < -0.4 is 5.32 Å². The fraction of sp³-hybridized carbons (Fsp3) is 0.286. The van der Waals surface area contributed by atoms with E-state index in [9.17, 15) is 9.18 Å². The smallest absolute Gasteiger partial charge is 0.225 e. The van der Waals surface area contributed by atoms with Crippen molar-refractivity contribution < 1.29 is 9.18 Å². The first-order valence-corrected chi connectivity index (χ1v) is 6.89. The molecule has 1 heterocycles. The third-order valence-corrected chi connectivity index (χ3v) is 3.65. The van der Waals surface area contributed by atoms with Gasteiger partial charge >= 0.3 is 0 Å². The van der Waals surface area contributed by atoms with E-state index in [-0.39, 0.29) is 11.7 Å². The van der Waals surface area contributed by atoms with Gasteiger partial charge in [0.1, 0.15) is 5.82 Å². The number of halogens is 1. The summed E-state index contributed by atoms with van der Waals surface area (Å²) in [5.74, 6) is -0.246. The minimum Gasteiger partial charge on any atom is -0.302 e. The van der Waals surface area contributed by atoms with Gasteiger partial charge in [-0.3, -0.25) is 4.79 Å². The van der Waals surface area contributed by atoms with Crippen LogP contribution in [0.25, 0.3) is 0 Å². The van der Waals surface area contributed by atoms with Crippen molar-refractivity contribution in [3.05, 3.63) is 46.2 Å². The molecule has 2 aromatic rings. The maximum Gasteiger partial charge on any atom is 0.225 e. The van der Waals surface area contributed by atoms with E-state index in [1.807, 2.05) is 6.07 Å². The van der Waals surface area contributed by atoms with Gasteiger partial charge in [0.05, 0.1) is 0 Å². The van der Waals surface area contributed by atoms with E-state index in [1.165, 1.54) is 11.3 Å². The van der Waals surface area contributed by atoms with Crippen molar-refractivity contribution in [2.75, 3.05) is 5.32 Å². The Morgan fingerprint density at radius 2 is 2.26 bits per heavy atom. The third-order valence-electron chi connectivity index (χ3n) is 2.74. The summed E-state index contributed by atoms with van der Waals surface area (Å²) >= 11 is 1.42. The number of carbonyl (C=O) groups is 1. The van der Waals surface area contributed by atoms with E-state index in [4.69, 9.17) is 0 Å². The van der Waals surface area contributed by atoms with Crippen LogP contribution >= 0.6 is 11.3 Å². The lowest BCUT2D eigenvalue weighted by atomic mass is 10.1. The van der Waals surface area contributed by atoms with Crippen LogP contribution in [0.2, 0.25) is 0 Å². The van der Waals surface area contributed by atoms with Gasteiger partial charge in [0.15, 0.2) is 5.13 Å². The second-order valence-corrected chi connectivity index (χ2v) is 5.41. The number of rotatable bonds is 4. The Morgan fingerprint density at radius 3 is 2.95 bits per heavy atom. The molecular formula is C14H15FN2OS. The average molecular weight is 278 g/mol. The SMILES string of the molecule is CCC(=O)Nc1ncc(Cc2ccc(C)c(F)c2)s1. The monoisotopic (exact) mass is 278 g/mol. The molecule has 2 rings (SSSR count). The second-order valence-electron chi connectivity index (χ2n) is 4.29. The highest BCUT2D eigenvalue weighted by Crippen LogP contribution is 2.22. The summed E-state index contributed by atoms with van der Waals surface area (Å²) in [6.45, 7) is 3.53. The maximum atomic E-state index is 13.4. The number of amides is 1. The van der Waals surface area contributed by atoms with Crippen molar-refractivity contribution in [2.24, 2.45) is 0 Å². The lowest BCUT2D eigenvalue weighted by molar-refractivity contribution is -0.115. The van der Waals surface area contributed by atoms with E-state index in [2.05, 4.69) is 10.3 Å². The van der Waals surface area contributed by atoms with E-state index in [0.717, 1.165) is 10.4 Å². The number of aryl methyl sites for hydroxylation is 1. The molecule has 0 aliphatic rings. The molecule has 0 unspecified atom stereocenters. The predicted molar refractivity (Wildman–Crippen MR) is 75.0 cm³/mol. The summed E-state index contributed by atoms with van der Waals surface area (Å²) in [5.41, 5.74) is 1.55. The van der Waals surface area contributed by atoms with Gasteiger partial charge in [0, 0.05) is 23.9 Å². The van der Waals surface area contributed by atoms with Gasteiger partial charge in [0.2, 0.25) is 5.91 Å². The van der Waals surface area contributed by atoms with Crippen molar-refractivity contribution in [2.45, 2.75) is 26.7 Å². The minimum absolute atomic E-state index is 0.0534. The first-order chi connectivity index (χ1) is 9.08. The number of nitrogens with zero attached hydrogens (tertiary/aromatic N) is 1. The molecule has 0 atom stereocenters. The molecule has 0 bridgehead atoms. The number of carbonyl (C=O) groups excluding carboxylic acids is 1. The van der Waals surface area contributed by atoms with Crippen LogP contribution in [-0.4, -0.2) is 10.9 Å². The Morgan fingerprint density at radius 1 is 1.47 bits per heavy atom. The van der Waals surface area contributed by atoms with Crippen LogP contribution in [0.1, 0.15) is 29.3 Å². The fourth-order valence-corrected chi connectivity index (χ4v) is 2.47. The van der Waals surface area contributed by atoms with Crippen molar-refractivity contribution in [3.8, 4) is 0 Å². The van der Waals surface area contributed by atoms with Gasteiger partial charge in [-0.1, -0.05) is 19.1 Å². The van der Waals surface area contributed by atoms with Crippen LogP contribution in [-0.2, 0) is 11.2 Å². The highest BCUT2D eigenvalue weighted by molar-refractivity contribution is 7.15. The zero-order valence-electron chi connectivity index (χ0n) is 10.9. The maximum absolute atomic E-state index is 13.4. The van der Waals surface area contributed by atoms with Crippen LogP contribution in [0.3, 0.4) is 0 Å². The molecule has 0 saturated carbocycles. The zero-order chi connectivity index (χ0) is 13.8. The first kappa shape index (κ1) is 13.7. The zero-order valence-corrected chi connectivity index (χ0v) is 11.7. The van der Waals surface area contributed by atoms with E-state index in [0.29, 0.717) is 23.5 Å². The molecule has 0 aliphatic heterocycles. The van der Waals surface area contributed by atoms with Crippen molar-refractivity contribution in [1.82, 2.24) is 4.98 Å². The second kappa shape index (κ2) is 5.93. The normalized spacial score (nSPS) is 10.5. The number of anilines is 1. The lowest BCUT2D eigenvalue weighted by Crippen LogP contribution is -2.08. The number of nitrogens with one attached hydrogen (secondary N) is 1. The fourth-order valence-electron chi connectivity index (χ4n) is 1.60. The molecule has 1 amide bonds. The molecule has 0 saturated heterocycles. The molecule has 0 spiro atoms. The van der Waals surface area contributed by atoms with Crippen LogP contribution in [0, 0.1) is 12.7 Å². The summed E-state index contributed by atoms with van der Waals surface area (Å²) in [6.07, 6.45) is 2.77. The molecule has 0 aliphatic carbocycles. The van der Waals surface area contributed by atoms with Gasteiger partial charge in [0.25, 0.3) is 0 Å². The molecule has 100 valence electrons. The third kappa shape index (κ3) is 3.61. The van der Waals surface area contributed by atoms with Gasteiger partial charge < -0.3 is 5.32 Å². The first-order valence-electron chi connectivity index (χ1n) is 6.08. The van der Waals surface area contributed by atoms with E-state index in [1.54, 1.807) is 32.2 Å². The molecule has 19 heavy (non-hydrogen) atoms. The predicted octanol–water partition coefficient (Wildman–Crippen LogP) is 3.53. The van der Waals surface area contributed by atoms with Crippen molar-refractivity contribution >= 4 is 22.4 Å². The van der Waals surface area contributed by atoms with Crippen molar-refractivity contribution in [1.29, 1.82) is 0 Å². The number of thiazole rings is 1. The number of aromatic nitrogens is 1. The Hall–Kier alpha value is -1.75. The molecule has 3 nitrogen and oxygen atoms in total. The Labute approximate surface area is 115 Å². The molecule has 0 radical (unpaired) electrons. The molecule has 1 aromatic heterocycles. The standard InChI is InChI=1S/C14H15FN2OS/c1-3-13(18)17-14-16-8-11(19-14)6-10-5-4-9(2)12(15)7-10/h4-5,7-8H,3,6H2,1-2H3,(H,16,17,18).